The average Bonchev–Trinajstić information content (AvgIpc) is 3.05. The van der Waals surface area contributed by atoms with Crippen LogP contribution in [0.2, 0.25) is 0 Å². The molecule has 0 aromatic carbocycles. The van der Waals surface area contributed by atoms with Gasteiger partial charge in [-0.2, -0.15) is 5.10 Å². The standard InChI is InChI=1S/C20H25N3O2S/c1-14(2)12-22(15-7-8-15)13-20(24)23-17(19-6-4-10-26-19)11-16(21-23)18-5-3-9-25-18/h3-6,9-10,14-15,17H,7-8,11-13H2,1-2H3. The molecular formula is C20H25N3O2S. The third kappa shape index (κ3) is 3.76. The molecule has 1 saturated carbocycles. The molecule has 4 rings (SSSR count). The van der Waals surface area contributed by atoms with E-state index in [1.807, 2.05) is 18.2 Å². The van der Waals surface area contributed by atoms with Crippen molar-refractivity contribution >= 4 is 23.0 Å². The maximum absolute atomic E-state index is 13.1. The molecule has 0 saturated heterocycles. The molecule has 0 radical (unpaired) electrons. The van der Waals surface area contributed by atoms with Crippen molar-refractivity contribution < 1.29 is 9.21 Å². The molecule has 2 aromatic heterocycles. The van der Waals surface area contributed by atoms with E-state index in [9.17, 15) is 4.79 Å². The lowest BCUT2D eigenvalue weighted by Crippen LogP contribution is -2.40. The third-order valence-electron chi connectivity index (χ3n) is 4.84. The summed E-state index contributed by atoms with van der Waals surface area (Å²) in [4.78, 5) is 16.6. The molecule has 1 amide bonds. The van der Waals surface area contributed by atoms with Crippen molar-refractivity contribution in [1.29, 1.82) is 0 Å². The molecule has 6 heteroatoms. The van der Waals surface area contributed by atoms with Gasteiger partial charge in [0.05, 0.1) is 18.8 Å². The number of furan rings is 1. The van der Waals surface area contributed by atoms with E-state index in [1.165, 1.54) is 17.7 Å². The van der Waals surface area contributed by atoms with Gasteiger partial charge >= 0.3 is 0 Å². The van der Waals surface area contributed by atoms with Crippen LogP contribution in [0.3, 0.4) is 0 Å². The summed E-state index contributed by atoms with van der Waals surface area (Å²) in [5, 5.41) is 8.41. The number of hydrogen-bond acceptors (Lipinski definition) is 5. The number of hydrogen-bond donors (Lipinski definition) is 0. The van der Waals surface area contributed by atoms with Crippen molar-refractivity contribution in [3.63, 3.8) is 0 Å². The monoisotopic (exact) mass is 371 g/mol. The van der Waals surface area contributed by atoms with Gasteiger partial charge in [0.25, 0.3) is 5.91 Å². The van der Waals surface area contributed by atoms with Crippen LogP contribution in [0.1, 0.15) is 49.8 Å². The minimum absolute atomic E-state index is 0.0253. The maximum atomic E-state index is 13.1. The Morgan fingerprint density at radius 2 is 2.23 bits per heavy atom. The van der Waals surface area contributed by atoms with E-state index in [1.54, 1.807) is 22.6 Å². The van der Waals surface area contributed by atoms with Crippen LogP contribution < -0.4 is 0 Å². The van der Waals surface area contributed by atoms with Crippen LogP contribution in [0.25, 0.3) is 0 Å². The normalized spacial score (nSPS) is 20.2. The Bertz CT molecular complexity index is 763. The molecule has 5 nitrogen and oxygen atoms in total. The lowest BCUT2D eigenvalue weighted by Gasteiger charge is -2.27. The fraction of sp³-hybridized carbons (Fsp3) is 0.500. The van der Waals surface area contributed by atoms with Gasteiger partial charge < -0.3 is 4.42 Å². The van der Waals surface area contributed by atoms with Crippen molar-refractivity contribution in [2.75, 3.05) is 13.1 Å². The lowest BCUT2D eigenvalue weighted by atomic mass is 10.1. The predicted octanol–water partition coefficient (Wildman–Crippen LogP) is 4.14. The Hall–Kier alpha value is -1.92. The number of carbonyl (C=O) groups excluding carboxylic acids is 1. The van der Waals surface area contributed by atoms with E-state index in [0.29, 0.717) is 24.9 Å². The van der Waals surface area contributed by atoms with E-state index in [2.05, 4.69) is 35.3 Å². The van der Waals surface area contributed by atoms with Crippen LogP contribution in [-0.4, -0.2) is 40.7 Å². The van der Waals surface area contributed by atoms with Gasteiger partial charge in [-0.15, -0.1) is 11.3 Å². The van der Waals surface area contributed by atoms with Crippen molar-refractivity contribution in [2.45, 2.75) is 45.2 Å². The minimum atomic E-state index is -0.0253. The predicted molar refractivity (Wildman–Crippen MR) is 103 cm³/mol. The highest BCUT2D eigenvalue weighted by Gasteiger charge is 2.37. The molecule has 2 aliphatic rings. The van der Waals surface area contributed by atoms with Crippen LogP contribution >= 0.6 is 11.3 Å². The fourth-order valence-corrected chi connectivity index (χ4v) is 4.34. The van der Waals surface area contributed by atoms with Crippen molar-refractivity contribution in [1.82, 2.24) is 9.91 Å². The number of nitrogens with zero attached hydrogens (tertiary/aromatic N) is 3. The molecule has 1 aliphatic heterocycles. The van der Waals surface area contributed by atoms with Crippen LogP contribution in [-0.2, 0) is 4.79 Å². The zero-order valence-electron chi connectivity index (χ0n) is 15.3. The van der Waals surface area contributed by atoms with Gasteiger partial charge in [0, 0.05) is 23.9 Å². The van der Waals surface area contributed by atoms with Gasteiger partial charge in [0.1, 0.15) is 11.5 Å². The summed E-state index contributed by atoms with van der Waals surface area (Å²) in [6.45, 7) is 5.82. The molecule has 0 bridgehead atoms. The molecule has 2 aromatic rings. The average molecular weight is 372 g/mol. The second kappa shape index (κ2) is 7.37. The van der Waals surface area contributed by atoms with E-state index in [0.717, 1.165) is 18.0 Å². The summed E-state index contributed by atoms with van der Waals surface area (Å²) < 4.78 is 5.52. The fourth-order valence-electron chi connectivity index (χ4n) is 3.53. The van der Waals surface area contributed by atoms with Gasteiger partial charge in [-0.25, -0.2) is 5.01 Å². The van der Waals surface area contributed by atoms with E-state index in [-0.39, 0.29) is 11.9 Å². The SMILES string of the molecule is CC(C)CN(CC(=O)N1N=C(c2ccco2)CC1c1cccs1)C1CC1. The summed E-state index contributed by atoms with van der Waals surface area (Å²) in [7, 11) is 0. The number of carbonyl (C=O) groups is 1. The second-order valence-electron chi connectivity index (χ2n) is 7.55. The highest BCUT2D eigenvalue weighted by Crippen LogP contribution is 2.36. The molecule has 0 spiro atoms. The first-order chi connectivity index (χ1) is 12.6. The quantitative estimate of drug-likeness (QED) is 0.735. The Morgan fingerprint density at radius 3 is 2.85 bits per heavy atom. The van der Waals surface area contributed by atoms with Gasteiger partial charge in [-0.3, -0.25) is 9.69 Å². The van der Waals surface area contributed by atoms with Gasteiger partial charge in [0.15, 0.2) is 0 Å². The number of hydrazone groups is 1. The Balaban J connectivity index is 1.55. The summed E-state index contributed by atoms with van der Waals surface area (Å²) >= 11 is 1.68. The van der Waals surface area contributed by atoms with Gasteiger partial charge in [0.2, 0.25) is 0 Å². The molecule has 3 heterocycles. The number of amides is 1. The Labute approximate surface area is 158 Å². The number of rotatable bonds is 7. The third-order valence-corrected chi connectivity index (χ3v) is 5.82. The van der Waals surface area contributed by atoms with Crippen LogP contribution in [0.5, 0.6) is 0 Å². The van der Waals surface area contributed by atoms with E-state index in [4.69, 9.17) is 4.42 Å². The highest BCUT2D eigenvalue weighted by atomic mass is 32.1. The molecule has 138 valence electrons. The zero-order chi connectivity index (χ0) is 18.1. The zero-order valence-corrected chi connectivity index (χ0v) is 16.1. The molecule has 1 atom stereocenters. The van der Waals surface area contributed by atoms with Crippen molar-refractivity contribution in [2.24, 2.45) is 11.0 Å². The summed E-state index contributed by atoms with van der Waals surface area (Å²) in [6, 6.07) is 8.43. The van der Waals surface area contributed by atoms with Crippen molar-refractivity contribution in [3.05, 3.63) is 46.5 Å². The summed E-state index contributed by atoms with van der Waals surface area (Å²) in [5.74, 6) is 1.39. The molecule has 26 heavy (non-hydrogen) atoms. The largest absolute Gasteiger partial charge is 0.463 e. The first kappa shape index (κ1) is 17.5. The Morgan fingerprint density at radius 1 is 1.38 bits per heavy atom. The summed E-state index contributed by atoms with van der Waals surface area (Å²) in [5.41, 5.74) is 0.851. The van der Waals surface area contributed by atoms with Crippen molar-refractivity contribution in [3.8, 4) is 0 Å². The lowest BCUT2D eigenvalue weighted by molar-refractivity contribution is -0.134. The van der Waals surface area contributed by atoms with Gasteiger partial charge in [-0.1, -0.05) is 19.9 Å². The highest BCUT2D eigenvalue weighted by molar-refractivity contribution is 7.10. The smallest absolute Gasteiger partial charge is 0.257 e. The van der Waals surface area contributed by atoms with Gasteiger partial charge in [-0.05, 0) is 42.3 Å². The van der Waals surface area contributed by atoms with E-state index < -0.39 is 0 Å². The molecule has 1 fully saturated rings. The minimum Gasteiger partial charge on any atom is -0.463 e. The van der Waals surface area contributed by atoms with Crippen LogP contribution in [0.15, 0.2) is 45.4 Å². The first-order valence-corrected chi connectivity index (χ1v) is 10.2. The van der Waals surface area contributed by atoms with Crippen LogP contribution in [0, 0.1) is 5.92 Å². The topological polar surface area (TPSA) is 49.1 Å². The molecule has 1 unspecified atom stereocenters. The summed E-state index contributed by atoms with van der Waals surface area (Å²) in [6.07, 6.45) is 4.76. The molecule has 1 aliphatic carbocycles. The maximum Gasteiger partial charge on any atom is 0.257 e. The van der Waals surface area contributed by atoms with Crippen LogP contribution in [0.4, 0.5) is 0 Å². The second-order valence-corrected chi connectivity index (χ2v) is 8.53. The molecule has 0 N–H and O–H groups in total. The Kier molecular flexibility index (Phi) is 4.96. The van der Waals surface area contributed by atoms with E-state index >= 15 is 0 Å². The number of thiophene rings is 1. The molecular weight excluding hydrogens is 346 g/mol. The first-order valence-electron chi connectivity index (χ1n) is 9.32.